The molecule has 1 amide bonds. The molecule has 0 unspecified atom stereocenters. The lowest BCUT2D eigenvalue weighted by atomic mass is 9.89. The van der Waals surface area contributed by atoms with Gasteiger partial charge in [-0.15, -0.1) is 0 Å². The summed E-state index contributed by atoms with van der Waals surface area (Å²) in [5.41, 5.74) is 0. The van der Waals surface area contributed by atoms with Gasteiger partial charge in [-0.2, -0.15) is 0 Å². The van der Waals surface area contributed by atoms with Gasteiger partial charge in [0.2, 0.25) is 5.91 Å². The number of hydrogen-bond donors (Lipinski definition) is 1. The Morgan fingerprint density at radius 3 is 2.12 bits per heavy atom. The maximum atomic E-state index is 12.3. The molecule has 3 aliphatic rings. The van der Waals surface area contributed by atoms with Crippen LogP contribution in [0.25, 0.3) is 0 Å². The summed E-state index contributed by atoms with van der Waals surface area (Å²) < 4.78 is 0. The smallest absolute Gasteiger partial charge is 0.234 e. The normalized spacial score (nSPS) is 26.2. The summed E-state index contributed by atoms with van der Waals surface area (Å²) >= 11 is 0. The highest BCUT2D eigenvalue weighted by molar-refractivity contribution is 5.78. The highest BCUT2D eigenvalue weighted by Crippen LogP contribution is 2.24. The van der Waals surface area contributed by atoms with Crippen LogP contribution in [-0.2, 0) is 4.79 Å². The zero-order valence-corrected chi connectivity index (χ0v) is 15.5. The van der Waals surface area contributed by atoms with Crippen molar-refractivity contribution in [3.63, 3.8) is 0 Å². The van der Waals surface area contributed by atoms with Crippen LogP contribution in [0.3, 0.4) is 0 Å². The zero-order chi connectivity index (χ0) is 16.6. The maximum Gasteiger partial charge on any atom is 0.234 e. The predicted molar refractivity (Wildman–Crippen MR) is 99.1 cm³/mol. The molecule has 138 valence electrons. The Balaban J connectivity index is 1.36. The first-order valence-corrected chi connectivity index (χ1v) is 10.5. The van der Waals surface area contributed by atoms with Gasteiger partial charge in [0.15, 0.2) is 0 Å². The lowest BCUT2D eigenvalue weighted by Gasteiger charge is -2.29. The van der Waals surface area contributed by atoms with Gasteiger partial charge < -0.3 is 10.2 Å². The Labute approximate surface area is 148 Å². The van der Waals surface area contributed by atoms with Crippen LogP contribution in [-0.4, -0.2) is 61.0 Å². The molecule has 24 heavy (non-hydrogen) atoms. The number of nitrogens with one attached hydrogen (secondary N) is 1. The maximum absolute atomic E-state index is 12.3. The average molecular weight is 336 g/mol. The number of hydrogen-bond acceptors (Lipinski definition) is 3. The van der Waals surface area contributed by atoms with Gasteiger partial charge in [0.1, 0.15) is 0 Å². The molecule has 0 spiro atoms. The number of nitrogens with zero attached hydrogens (tertiary/aromatic N) is 2. The Hall–Kier alpha value is -0.610. The quantitative estimate of drug-likeness (QED) is 0.839. The van der Waals surface area contributed by atoms with E-state index >= 15 is 0 Å². The fraction of sp³-hybridized carbons (Fsp3) is 0.950. The molecule has 1 N–H and O–H groups in total. The van der Waals surface area contributed by atoms with Gasteiger partial charge in [-0.3, -0.25) is 9.69 Å². The van der Waals surface area contributed by atoms with E-state index in [4.69, 9.17) is 0 Å². The summed E-state index contributed by atoms with van der Waals surface area (Å²) in [6.07, 6.45) is 14.7. The summed E-state index contributed by atoms with van der Waals surface area (Å²) in [7, 11) is 0. The van der Waals surface area contributed by atoms with Crippen molar-refractivity contribution < 1.29 is 4.79 Å². The van der Waals surface area contributed by atoms with Crippen LogP contribution in [0.4, 0.5) is 0 Å². The molecule has 2 aliphatic carbocycles. The molecule has 1 heterocycles. The standard InChI is InChI=1S/C20H37N3O/c24-20(21-19-10-5-2-6-11-19)17-23-13-7-12-22(14-15-23)16-18-8-3-1-4-9-18/h18-19H,1-17H2,(H,21,24). The van der Waals surface area contributed by atoms with E-state index in [2.05, 4.69) is 15.1 Å². The minimum absolute atomic E-state index is 0.252. The van der Waals surface area contributed by atoms with E-state index in [1.165, 1.54) is 83.7 Å². The van der Waals surface area contributed by atoms with Gasteiger partial charge in [-0.25, -0.2) is 0 Å². The summed E-state index contributed by atoms with van der Waals surface area (Å²) in [5.74, 6) is 1.18. The van der Waals surface area contributed by atoms with Crippen molar-refractivity contribution in [2.45, 2.75) is 76.7 Å². The number of amides is 1. The van der Waals surface area contributed by atoms with Crippen molar-refractivity contribution in [3.8, 4) is 0 Å². The fourth-order valence-corrected chi connectivity index (χ4v) is 4.82. The van der Waals surface area contributed by atoms with E-state index in [1.54, 1.807) is 0 Å². The van der Waals surface area contributed by atoms with Crippen LogP contribution in [0.15, 0.2) is 0 Å². The molecule has 3 fully saturated rings. The molecule has 0 bridgehead atoms. The first kappa shape index (κ1) is 18.2. The Morgan fingerprint density at radius 1 is 0.750 bits per heavy atom. The highest BCUT2D eigenvalue weighted by atomic mass is 16.2. The van der Waals surface area contributed by atoms with Crippen molar-refractivity contribution in [2.24, 2.45) is 5.92 Å². The fourth-order valence-electron chi connectivity index (χ4n) is 4.82. The Kier molecular flexibility index (Phi) is 7.40. The van der Waals surface area contributed by atoms with E-state index < -0.39 is 0 Å². The SMILES string of the molecule is O=C(CN1CCCN(CC2CCCCC2)CC1)NC1CCCCC1. The third-order valence-electron chi connectivity index (χ3n) is 6.26. The molecular formula is C20H37N3O. The van der Waals surface area contributed by atoms with Crippen LogP contribution < -0.4 is 5.32 Å². The molecule has 0 aromatic heterocycles. The lowest BCUT2D eigenvalue weighted by molar-refractivity contribution is -0.123. The molecule has 4 nitrogen and oxygen atoms in total. The van der Waals surface area contributed by atoms with Crippen molar-refractivity contribution in [3.05, 3.63) is 0 Å². The molecule has 4 heteroatoms. The van der Waals surface area contributed by atoms with Crippen LogP contribution in [0.5, 0.6) is 0 Å². The monoisotopic (exact) mass is 335 g/mol. The van der Waals surface area contributed by atoms with Crippen molar-refractivity contribution in [2.75, 3.05) is 39.3 Å². The average Bonchev–Trinajstić information content (AvgIpc) is 2.82. The minimum atomic E-state index is 0.252. The summed E-state index contributed by atoms with van der Waals surface area (Å²) in [6.45, 7) is 6.41. The predicted octanol–water partition coefficient (Wildman–Crippen LogP) is 3.02. The molecule has 1 saturated heterocycles. The topological polar surface area (TPSA) is 35.6 Å². The number of carbonyl (C=O) groups is 1. The van der Waals surface area contributed by atoms with E-state index in [1.807, 2.05) is 0 Å². The second-order valence-electron chi connectivity index (χ2n) is 8.34. The van der Waals surface area contributed by atoms with E-state index in [0.717, 1.165) is 25.6 Å². The molecule has 0 aromatic rings. The molecule has 2 saturated carbocycles. The van der Waals surface area contributed by atoms with Crippen molar-refractivity contribution in [1.29, 1.82) is 0 Å². The second kappa shape index (κ2) is 9.76. The van der Waals surface area contributed by atoms with Gasteiger partial charge in [0.05, 0.1) is 6.54 Å². The Bertz CT molecular complexity index is 375. The van der Waals surface area contributed by atoms with Crippen LogP contribution in [0, 0.1) is 5.92 Å². The molecule has 1 aliphatic heterocycles. The largest absolute Gasteiger partial charge is 0.352 e. The number of rotatable bonds is 5. The Morgan fingerprint density at radius 2 is 1.38 bits per heavy atom. The number of carbonyl (C=O) groups excluding carboxylic acids is 1. The molecule has 3 rings (SSSR count). The van der Waals surface area contributed by atoms with Gasteiger partial charge >= 0.3 is 0 Å². The van der Waals surface area contributed by atoms with Crippen LogP contribution in [0.2, 0.25) is 0 Å². The summed E-state index contributed by atoms with van der Waals surface area (Å²) in [4.78, 5) is 17.4. The van der Waals surface area contributed by atoms with Gasteiger partial charge in [-0.1, -0.05) is 38.5 Å². The zero-order valence-electron chi connectivity index (χ0n) is 15.5. The van der Waals surface area contributed by atoms with E-state index in [9.17, 15) is 4.79 Å². The minimum Gasteiger partial charge on any atom is -0.352 e. The molecule has 0 atom stereocenters. The molecule has 0 aromatic carbocycles. The molecular weight excluding hydrogens is 298 g/mol. The third-order valence-corrected chi connectivity index (χ3v) is 6.26. The van der Waals surface area contributed by atoms with Crippen molar-refractivity contribution >= 4 is 5.91 Å². The van der Waals surface area contributed by atoms with Crippen LogP contribution in [0.1, 0.15) is 70.6 Å². The second-order valence-corrected chi connectivity index (χ2v) is 8.34. The lowest BCUT2D eigenvalue weighted by Crippen LogP contribution is -2.44. The van der Waals surface area contributed by atoms with E-state index in [-0.39, 0.29) is 5.91 Å². The first-order chi connectivity index (χ1) is 11.8. The van der Waals surface area contributed by atoms with Crippen LogP contribution >= 0.6 is 0 Å². The van der Waals surface area contributed by atoms with Gasteiger partial charge in [0.25, 0.3) is 0 Å². The summed E-state index contributed by atoms with van der Waals surface area (Å²) in [6, 6.07) is 0.445. The molecule has 0 radical (unpaired) electrons. The highest BCUT2D eigenvalue weighted by Gasteiger charge is 2.22. The van der Waals surface area contributed by atoms with E-state index in [0.29, 0.717) is 12.6 Å². The van der Waals surface area contributed by atoms with Crippen molar-refractivity contribution in [1.82, 2.24) is 15.1 Å². The van der Waals surface area contributed by atoms with Gasteiger partial charge in [-0.05, 0) is 51.1 Å². The first-order valence-electron chi connectivity index (χ1n) is 10.5. The summed E-state index contributed by atoms with van der Waals surface area (Å²) in [5, 5.41) is 3.27. The third kappa shape index (κ3) is 6.03. The van der Waals surface area contributed by atoms with Gasteiger partial charge in [0, 0.05) is 25.7 Å².